The van der Waals surface area contributed by atoms with Crippen LogP contribution in [-0.4, -0.2) is 8.42 Å². The Kier molecular flexibility index (Phi) is 3.87. The van der Waals surface area contributed by atoms with E-state index < -0.39 is 15.8 Å². The zero-order chi connectivity index (χ0) is 14.9. The summed E-state index contributed by atoms with van der Waals surface area (Å²) in [5.74, 6) is -0.502. The van der Waals surface area contributed by atoms with Crippen molar-refractivity contribution in [3.8, 4) is 0 Å². The molecule has 0 aromatic heterocycles. The van der Waals surface area contributed by atoms with Crippen molar-refractivity contribution in [1.29, 1.82) is 0 Å². The molecule has 2 aromatic carbocycles. The molecule has 7 heteroatoms. The molecule has 106 valence electrons. The maximum Gasteiger partial charge on any atom is 0.265 e. The zero-order valence-electron chi connectivity index (χ0n) is 10.5. The van der Waals surface area contributed by atoms with Crippen LogP contribution in [-0.2, 0) is 10.0 Å². The molecule has 0 saturated carbocycles. The molecule has 0 heterocycles. The Morgan fingerprint density at radius 2 is 1.95 bits per heavy atom. The van der Waals surface area contributed by atoms with E-state index in [1.54, 1.807) is 13.0 Å². The lowest BCUT2D eigenvalue weighted by molar-refractivity contribution is 0.601. The maximum atomic E-state index is 13.4. The Balaban J connectivity index is 2.43. The normalized spacial score (nSPS) is 11.3. The van der Waals surface area contributed by atoms with E-state index in [1.165, 1.54) is 24.3 Å². The molecule has 0 atom stereocenters. The van der Waals surface area contributed by atoms with Crippen LogP contribution in [0, 0.1) is 12.7 Å². The molecule has 0 saturated heterocycles. The summed E-state index contributed by atoms with van der Waals surface area (Å²) in [7, 11) is -3.98. The monoisotopic (exact) mass is 314 g/mol. The number of rotatable bonds is 3. The quantitative estimate of drug-likeness (QED) is 0.855. The third-order valence-electron chi connectivity index (χ3n) is 2.69. The number of aryl methyl sites for hydroxylation is 1. The van der Waals surface area contributed by atoms with Crippen molar-refractivity contribution < 1.29 is 12.8 Å². The largest absolute Gasteiger partial charge is 0.398 e. The molecule has 2 rings (SSSR count). The molecule has 0 aliphatic carbocycles. The van der Waals surface area contributed by atoms with Gasteiger partial charge >= 0.3 is 0 Å². The van der Waals surface area contributed by atoms with E-state index >= 15 is 0 Å². The van der Waals surface area contributed by atoms with E-state index in [-0.39, 0.29) is 21.3 Å². The Morgan fingerprint density at radius 1 is 1.25 bits per heavy atom. The van der Waals surface area contributed by atoms with Gasteiger partial charge in [-0.3, -0.25) is 4.72 Å². The number of nitrogen functional groups attached to an aromatic ring is 1. The summed E-state index contributed by atoms with van der Waals surface area (Å²) < 4.78 is 40.2. The number of anilines is 2. The molecule has 0 fully saturated rings. The van der Waals surface area contributed by atoms with Gasteiger partial charge in [0, 0.05) is 0 Å². The van der Waals surface area contributed by atoms with E-state index in [1.807, 2.05) is 0 Å². The highest BCUT2D eigenvalue weighted by Gasteiger charge is 2.21. The number of nitrogens with two attached hydrogens (primary N) is 1. The standard InChI is InChI=1S/C13H12ClFN2O2S/c1-8-5-6-9(7-11(8)15)17-20(18,19)13-10(14)3-2-4-12(13)16/h2-7,17H,16H2,1H3. The first-order chi connectivity index (χ1) is 9.31. The number of sulfonamides is 1. The van der Waals surface area contributed by atoms with Crippen molar-refractivity contribution in [2.75, 3.05) is 10.5 Å². The number of hydrogen-bond donors (Lipinski definition) is 2. The molecule has 0 aliphatic heterocycles. The molecular formula is C13H12ClFN2O2S. The van der Waals surface area contributed by atoms with Crippen LogP contribution in [0.5, 0.6) is 0 Å². The fraction of sp³-hybridized carbons (Fsp3) is 0.0769. The summed E-state index contributed by atoms with van der Waals surface area (Å²) in [6.45, 7) is 1.58. The van der Waals surface area contributed by atoms with Gasteiger partial charge in [-0.15, -0.1) is 0 Å². The molecule has 0 unspecified atom stereocenters. The van der Waals surface area contributed by atoms with Crippen LogP contribution >= 0.6 is 11.6 Å². The first-order valence-corrected chi connectivity index (χ1v) is 7.50. The van der Waals surface area contributed by atoms with Crippen LogP contribution in [0.25, 0.3) is 0 Å². The summed E-state index contributed by atoms with van der Waals surface area (Å²) in [6.07, 6.45) is 0. The van der Waals surface area contributed by atoms with Crippen LogP contribution in [0.3, 0.4) is 0 Å². The van der Waals surface area contributed by atoms with E-state index in [2.05, 4.69) is 4.72 Å². The highest BCUT2D eigenvalue weighted by atomic mass is 35.5. The van der Waals surface area contributed by atoms with Crippen LogP contribution in [0.4, 0.5) is 15.8 Å². The summed E-state index contributed by atoms with van der Waals surface area (Å²) >= 11 is 5.86. The van der Waals surface area contributed by atoms with Crippen LogP contribution in [0.15, 0.2) is 41.3 Å². The summed E-state index contributed by atoms with van der Waals surface area (Å²) in [6, 6.07) is 8.42. The topological polar surface area (TPSA) is 72.2 Å². The van der Waals surface area contributed by atoms with E-state index in [4.69, 9.17) is 17.3 Å². The minimum Gasteiger partial charge on any atom is -0.398 e. The number of benzene rings is 2. The highest BCUT2D eigenvalue weighted by molar-refractivity contribution is 7.93. The third-order valence-corrected chi connectivity index (χ3v) is 4.61. The van der Waals surface area contributed by atoms with E-state index in [0.717, 1.165) is 6.07 Å². The Morgan fingerprint density at radius 3 is 2.55 bits per heavy atom. The molecule has 0 radical (unpaired) electrons. The van der Waals surface area contributed by atoms with Crippen LogP contribution < -0.4 is 10.5 Å². The first kappa shape index (κ1) is 14.6. The molecular weight excluding hydrogens is 303 g/mol. The number of halogens is 2. The second-order valence-corrected chi connectivity index (χ2v) is 6.25. The Hall–Kier alpha value is -1.79. The number of hydrogen-bond acceptors (Lipinski definition) is 3. The third kappa shape index (κ3) is 2.86. The molecule has 4 nitrogen and oxygen atoms in total. The van der Waals surface area contributed by atoms with E-state index in [0.29, 0.717) is 5.56 Å². The van der Waals surface area contributed by atoms with E-state index in [9.17, 15) is 12.8 Å². The molecule has 3 N–H and O–H groups in total. The second-order valence-electron chi connectivity index (χ2n) is 4.23. The Labute approximate surface area is 121 Å². The summed E-state index contributed by atoms with van der Waals surface area (Å²) in [5, 5.41) is 0.00471. The predicted molar refractivity (Wildman–Crippen MR) is 77.8 cm³/mol. The molecule has 0 spiro atoms. The average molecular weight is 315 g/mol. The SMILES string of the molecule is Cc1ccc(NS(=O)(=O)c2c(N)cccc2Cl)cc1F. The minimum atomic E-state index is -3.98. The summed E-state index contributed by atoms with van der Waals surface area (Å²) in [5.41, 5.74) is 6.19. The fourth-order valence-electron chi connectivity index (χ4n) is 1.67. The van der Waals surface area contributed by atoms with Gasteiger partial charge in [-0.05, 0) is 36.8 Å². The predicted octanol–water partition coefficient (Wildman–Crippen LogP) is 3.17. The van der Waals surface area contributed by atoms with Gasteiger partial charge in [-0.2, -0.15) is 0 Å². The smallest absolute Gasteiger partial charge is 0.265 e. The molecule has 0 bridgehead atoms. The lowest BCUT2D eigenvalue weighted by Gasteiger charge is -2.12. The lowest BCUT2D eigenvalue weighted by Crippen LogP contribution is -2.15. The van der Waals surface area contributed by atoms with Crippen molar-refractivity contribution in [3.05, 3.63) is 52.8 Å². The van der Waals surface area contributed by atoms with Gasteiger partial charge in [-0.1, -0.05) is 23.7 Å². The van der Waals surface area contributed by atoms with Crippen molar-refractivity contribution in [3.63, 3.8) is 0 Å². The molecule has 2 aromatic rings. The van der Waals surface area contributed by atoms with Gasteiger partial charge in [0.1, 0.15) is 10.7 Å². The van der Waals surface area contributed by atoms with Crippen molar-refractivity contribution >= 4 is 33.0 Å². The van der Waals surface area contributed by atoms with Crippen LogP contribution in [0.2, 0.25) is 5.02 Å². The second kappa shape index (κ2) is 5.30. The lowest BCUT2D eigenvalue weighted by atomic mass is 10.2. The van der Waals surface area contributed by atoms with Gasteiger partial charge in [-0.25, -0.2) is 12.8 Å². The maximum absolute atomic E-state index is 13.4. The molecule has 0 aliphatic rings. The van der Waals surface area contributed by atoms with Gasteiger partial charge < -0.3 is 5.73 Å². The first-order valence-electron chi connectivity index (χ1n) is 5.64. The van der Waals surface area contributed by atoms with Crippen LogP contribution in [0.1, 0.15) is 5.56 Å². The van der Waals surface area contributed by atoms with Gasteiger partial charge in [0.25, 0.3) is 10.0 Å². The fourth-order valence-corrected chi connectivity index (χ4v) is 3.40. The average Bonchev–Trinajstić information content (AvgIpc) is 2.33. The molecule has 20 heavy (non-hydrogen) atoms. The minimum absolute atomic E-state index is 0.00471. The van der Waals surface area contributed by atoms with Gasteiger partial charge in [0.15, 0.2) is 0 Å². The summed E-state index contributed by atoms with van der Waals surface area (Å²) in [4.78, 5) is -0.220. The van der Waals surface area contributed by atoms with Gasteiger partial charge in [0.2, 0.25) is 0 Å². The Bertz CT molecular complexity index is 743. The van der Waals surface area contributed by atoms with Gasteiger partial charge in [0.05, 0.1) is 16.4 Å². The van der Waals surface area contributed by atoms with Crippen molar-refractivity contribution in [2.24, 2.45) is 0 Å². The zero-order valence-corrected chi connectivity index (χ0v) is 12.1. The van der Waals surface area contributed by atoms with Crippen molar-refractivity contribution in [1.82, 2.24) is 0 Å². The highest BCUT2D eigenvalue weighted by Crippen LogP contribution is 2.29. The molecule has 0 amide bonds. The number of nitrogens with one attached hydrogen (secondary N) is 1. The van der Waals surface area contributed by atoms with Crippen molar-refractivity contribution in [2.45, 2.75) is 11.8 Å².